The molecule has 4 aromatic rings. The molecule has 5 nitrogen and oxygen atoms in total. The fourth-order valence-corrected chi connectivity index (χ4v) is 4.92. The number of thiophene rings is 1. The van der Waals surface area contributed by atoms with Crippen LogP contribution in [0.25, 0.3) is 21.6 Å². The van der Waals surface area contributed by atoms with Gasteiger partial charge in [-0.3, -0.25) is 9.89 Å². The number of hydrogen-bond acceptors (Lipinski definition) is 4. The van der Waals surface area contributed by atoms with Gasteiger partial charge in [-0.25, -0.2) is 8.78 Å². The van der Waals surface area contributed by atoms with E-state index in [0.29, 0.717) is 4.88 Å². The van der Waals surface area contributed by atoms with Crippen molar-refractivity contribution in [2.24, 2.45) is 0 Å². The van der Waals surface area contributed by atoms with E-state index < -0.39 is 23.2 Å². The van der Waals surface area contributed by atoms with E-state index in [2.05, 4.69) is 32.5 Å². The number of H-pyrrole nitrogens is 1. The summed E-state index contributed by atoms with van der Waals surface area (Å²) in [6.07, 6.45) is 4.36. The summed E-state index contributed by atoms with van der Waals surface area (Å²) in [4.78, 5) is 16.4. The monoisotopic (exact) mass is 436 g/mol. The predicted molar refractivity (Wildman–Crippen MR) is 119 cm³/mol. The van der Waals surface area contributed by atoms with Gasteiger partial charge in [-0.2, -0.15) is 5.10 Å². The Morgan fingerprint density at radius 3 is 2.71 bits per heavy atom. The van der Waals surface area contributed by atoms with E-state index in [1.165, 1.54) is 17.4 Å². The minimum Gasteiger partial charge on any atom is -0.374 e. The summed E-state index contributed by atoms with van der Waals surface area (Å²) in [6, 6.07) is 11.5. The fraction of sp³-hybridized carbons (Fsp3) is 0.130. The van der Waals surface area contributed by atoms with Gasteiger partial charge in [-0.15, -0.1) is 11.3 Å². The highest BCUT2D eigenvalue weighted by atomic mass is 32.1. The van der Waals surface area contributed by atoms with Crippen LogP contribution in [0.2, 0.25) is 0 Å². The average molecular weight is 436 g/mol. The molecule has 0 saturated carbocycles. The lowest BCUT2D eigenvalue weighted by atomic mass is 10.0. The number of hydrogen-bond donors (Lipinski definition) is 2. The van der Waals surface area contributed by atoms with Crippen molar-refractivity contribution >= 4 is 28.6 Å². The molecule has 5 rings (SSSR count). The largest absolute Gasteiger partial charge is 0.374 e. The molecule has 0 spiro atoms. The molecule has 0 atom stereocenters. The summed E-state index contributed by atoms with van der Waals surface area (Å²) in [5.74, 6) is -2.13. The summed E-state index contributed by atoms with van der Waals surface area (Å²) < 4.78 is 27.9. The van der Waals surface area contributed by atoms with Gasteiger partial charge in [0.1, 0.15) is 17.3 Å². The van der Waals surface area contributed by atoms with Crippen molar-refractivity contribution in [2.75, 3.05) is 23.8 Å². The Morgan fingerprint density at radius 1 is 1.16 bits per heavy atom. The van der Waals surface area contributed by atoms with E-state index in [1.54, 1.807) is 6.20 Å². The van der Waals surface area contributed by atoms with Crippen LogP contribution in [0.4, 0.5) is 20.2 Å². The number of aromatic amines is 1. The van der Waals surface area contributed by atoms with Gasteiger partial charge in [-0.1, -0.05) is 12.1 Å². The molecule has 3 heterocycles. The van der Waals surface area contributed by atoms with Crippen molar-refractivity contribution in [3.63, 3.8) is 0 Å². The Hall–Kier alpha value is -3.52. The topological polar surface area (TPSA) is 61.0 Å². The predicted octanol–water partition coefficient (Wildman–Crippen LogP) is 5.33. The lowest BCUT2D eigenvalue weighted by Gasteiger charge is -2.20. The van der Waals surface area contributed by atoms with Gasteiger partial charge in [0.15, 0.2) is 0 Å². The third-order valence-electron chi connectivity index (χ3n) is 5.43. The van der Waals surface area contributed by atoms with Crippen molar-refractivity contribution in [2.45, 2.75) is 6.42 Å². The molecular weight excluding hydrogens is 418 g/mol. The second kappa shape index (κ2) is 7.63. The van der Waals surface area contributed by atoms with E-state index in [0.717, 1.165) is 57.9 Å². The first-order chi connectivity index (χ1) is 15.0. The molecule has 2 aromatic heterocycles. The van der Waals surface area contributed by atoms with Gasteiger partial charge in [0.05, 0.1) is 11.1 Å². The van der Waals surface area contributed by atoms with Gasteiger partial charge in [-0.05, 0) is 47.9 Å². The van der Waals surface area contributed by atoms with Crippen LogP contribution in [0, 0.1) is 11.6 Å². The van der Waals surface area contributed by atoms with Crippen LogP contribution in [-0.4, -0.2) is 29.7 Å². The number of likely N-dealkylation sites (N-methyl/N-ethyl adjacent to an activating group) is 1. The Bertz CT molecular complexity index is 1260. The Labute approximate surface area is 181 Å². The molecule has 0 aliphatic carbocycles. The zero-order valence-electron chi connectivity index (χ0n) is 16.6. The lowest BCUT2D eigenvalue weighted by Crippen LogP contribution is -2.19. The standard InChI is InChI=1S/C23H18F2N4OS/c1-29-8-7-14-10-20(23(30)28-21-17(24)3-2-4-18(21)25)31-22(14)16-9-13(5-6-19(16)29)15-11-26-27-12-15/h2-6,9-12H,7-8H2,1H3,(H,26,27)(H,28,30). The van der Waals surface area contributed by atoms with E-state index in [9.17, 15) is 13.6 Å². The van der Waals surface area contributed by atoms with E-state index >= 15 is 0 Å². The number of amides is 1. The molecule has 31 heavy (non-hydrogen) atoms. The van der Waals surface area contributed by atoms with Crippen LogP contribution in [0.5, 0.6) is 0 Å². The number of anilines is 2. The first-order valence-corrected chi connectivity index (χ1v) is 10.6. The number of nitrogens with one attached hydrogen (secondary N) is 2. The quantitative estimate of drug-likeness (QED) is 0.457. The molecular formula is C23H18F2N4OS. The second-order valence-electron chi connectivity index (χ2n) is 7.41. The van der Waals surface area contributed by atoms with Crippen molar-refractivity contribution in [3.8, 4) is 21.6 Å². The zero-order chi connectivity index (χ0) is 21.5. The second-order valence-corrected chi connectivity index (χ2v) is 8.46. The van der Waals surface area contributed by atoms with Crippen molar-refractivity contribution in [1.82, 2.24) is 10.2 Å². The number of halogens is 2. The van der Waals surface area contributed by atoms with E-state index in [4.69, 9.17) is 0 Å². The number of rotatable bonds is 3. The van der Waals surface area contributed by atoms with Gasteiger partial charge in [0.2, 0.25) is 0 Å². The molecule has 2 aromatic carbocycles. The average Bonchev–Trinajstić information content (AvgIpc) is 3.42. The summed E-state index contributed by atoms with van der Waals surface area (Å²) in [5.41, 5.74) is 4.69. The molecule has 1 aliphatic rings. The number of carbonyl (C=O) groups excluding carboxylic acids is 1. The lowest BCUT2D eigenvalue weighted by molar-refractivity contribution is 0.102. The Balaban J connectivity index is 1.55. The molecule has 1 aliphatic heterocycles. The Kier molecular flexibility index (Phi) is 4.78. The minimum atomic E-state index is -0.803. The van der Waals surface area contributed by atoms with Crippen LogP contribution >= 0.6 is 11.3 Å². The number of nitrogens with zero attached hydrogens (tertiary/aromatic N) is 2. The maximum absolute atomic E-state index is 14.0. The SMILES string of the molecule is CN1CCc2cc(C(=O)Nc3c(F)cccc3F)sc2-c2cc(-c3cn[nH]c3)ccc21. The molecule has 8 heteroatoms. The van der Waals surface area contributed by atoms with E-state index in [-0.39, 0.29) is 0 Å². The normalized spacial score (nSPS) is 12.8. The Morgan fingerprint density at radius 2 is 1.97 bits per heavy atom. The number of aromatic nitrogens is 2. The highest BCUT2D eigenvalue weighted by molar-refractivity contribution is 7.17. The third kappa shape index (κ3) is 3.48. The van der Waals surface area contributed by atoms with Crippen LogP contribution in [-0.2, 0) is 6.42 Å². The molecule has 0 saturated heterocycles. The summed E-state index contributed by atoms with van der Waals surface area (Å²) in [5, 5.41) is 9.24. The first-order valence-electron chi connectivity index (χ1n) is 9.74. The van der Waals surface area contributed by atoms with Gasteiger partial charge < -0.3 is 10.2 Å². The molecule has 156 valence electrons. The molecule has 1 amide bonds. The molecule has 0 bridgehead atoms. The number of para-hydroxylation sites is 1. The smallest absolute Gasteiger partial charge is 0.265 e. The maximum atomic E-state index is 14.0. The van der Waals surface area contributed by atoms with Gasteiger partial charge >= 0.3 is 0 Å². The number of carbonyl (C=O) groups is 1. The zero-order valence-corrected chi connectivity index (χ0v) is 17.4. The van der Waals surface area contributed by atoms with Gasteiger partial charge in [0.25, 0.3) is 5.91 Å². The molecule has 0 unspecified atom stereocenters. The highest BCUT2D eigenvalue weighted by Crippen LogP contribution is 2.43. The van der Waals surface area contributed by atoms with Gasteiger partial charge in [0, 0.05) is 41.5 Å². The number of fused-ring (bicyclic) bond motifs is 3. The number of benzene rings is 2. The molecule has 2 N–H and O–H groups in total. The molecule has 0 radical (unpaired) electrons. The molecule has 0 fully saturated rings. The third-order valence-corrected chi connectivity index (χ3v) is 6.64. The summed E-state index contributed by atoms with van der Waals surface area (Å²) in [7, 11) is 2.04. The van der Waals surface area contributed by atoms with Crippen LogP contribution < -0.4 is 10.2 Å². The van der Waals surface area contributed by atoms with Crippen molar-refractivity contribution < 1.29 is 13.6 Å². The first kappa shape index (κ1) is 19.4. The van der Waals surface area contributed by atoms with Crippen LogP contribution in [0.15, 0.2) is 54.9 Å². The van der Waals surface area contributed by atoms with Crippen molar-refractivity contribution in [1.29, 1.82) is 0 Å². The summed E-state index contributed by atoms with van der Waals surface area (Å²) in [6.45, 7) is 0.796. The minimum absolute atomic E-state index is 0.414. The van der Waals surface area contributed by atoms with Crippen LogP contribution in [0.1, 0.15) is 15.2 Å². The maximum Gasteiger partial charge on any atom is 0.265 e. The van der Waals surface area contributed by atoms with E-state index in [1.807, 2.05) is 25.4 Å². The highest BCUT2D eigenvalue weighted by Gasteiger charge is 2.24. The summed E-state index contributed by atoms with van der Waals surface area (Å²) >= 11 is 1.33. The fourth-order valence-electron chi connectivity index (χ4n) is 3.79. The van der Waals surface area contributed by atoms with Crippen molar-refractivity contribution in [3.05, 3.63) is 76.9 Å². The van der Waals surface area contributed by atoms with Crippen LogP contribution in [0.3, 0.4) is 0 Å².